The van der Waals surface area contributed by atoms with Gasteiger partial charge in [-0.3, -0.25) is 0 Å². The van der Waals surface area contributed by atoms with E-state index in [1.54, 1.807) is 78.9 Å². The van der Waals surface area contributed by atoms with Crippen molar-refractivity contribution in [2.24, 2.45) is 10.2 Å². The van der Waals surface area contributed by atoms with Gasteiger partial charge in [-0.25, -0.2) is 24.0 Å². The van der Waals surface area contributed by atoms with E-state index in [2.05, 4.69) is 29.9 Å². The summed E-state index contributed by atoms with van der Waals surface area (Å²) in [5.41, 5.74) is 2.06. The molecule has 0 radical (unpaired) electrons. The Labute approximate surface area is 352 Å². The topological polar surface area (TPSA) is 184 Å². The van der Waals surface area contributed by atoms with E-state index >= 15 is 0 Å². The highest BCUT2D eigenvalue weighted by Gasteiger charge is 2.19. The lowest BCUT2D eigenvalue weighted by atomic mass is 10.1. The van der Waals surface area contributed by atoms with Crippen molar-refractivity contribution in [3.63, 3.8) is 0 Å². The van der Waals surface area contributed by atoms with Gasteiger partial charge in [0.15, 0.2) is 5.75 Å². The fourth-order valence-electron chi connectivity index (χ4n) is 4.90. The first-order valence-corrected chi connectivity index (χ1v) is 18.9. The molecule has 15 nitrogen and oxygen atoms in total. The van der Waals surface area contributed by atoms with Crippen molar-refractivity contribution in [1.29, 1.82) is 0 Å². The highest BCUT2D eigenvalue weighted by molar-refractivity contribution is 5.98. The smallest absolute Gasteiger partial charge is 0.343 e. The Hall–Kier alpha value is -7.65. The molecule has 0 N–H and O–H groups in total. The van der Waals surface area contributed by atoms with E-state index in [1.165, 1.54) is 24.6 Å². The minimum atomic E-state index is -0.839. The standard InChI is InChI=1S/C46H44N2O13/c1-4-42(49)55-26-10-8-7-9-25-54-37-22-16-36(17-23-37)45(52)60-41-24-15-35(29-40(41)46(53)57-28-27-56-43(50)5-2)31-48-47-30-33-11-20-39(21-12-33)61-58-32-34-13-18-38(19-14-34)59-44(51)6-3/h4-6,11-24,29-31H,1-3,7-10,25-28,32H2. The Morgan fingerprint density at radius 1 is 0.525 bits per heavy atom. The number of carbonyl (C=O) groups is 5. The van der Waals surface area contributed by atoms with E-state index in [9.17, 15) is 24.0 Å². The van der Waals surface area contributed by atoms with E-state index < -0.39 is 29.8 Å². The van der Waals surface area contributed by atoms with Crippen molar-refractivity contribution in [2.45, 2.75) is 32.3 Å². The molecule has 0 fully saturated rings. The fourth-order valence-corrected chi connectivity index (χ4v) is 4.90. The summed E-state index contributed by atoms with van der Waals surface area (Å²) in [4.78, 5) is 70.7. The van der Waals surface area contributed by atoms with Gasteiger partial charge in [-0.15, -0.1) is 0 Å². The molecule has 0 spiro atoms. The monoisotopic (exact) mass is 832 g/mol. The summed E-state index contributed by atoms with van der Waals surface area (Å²) >= 11 is 0. The third kappa shape index (κ3) is 17.0. The van der Waals surface area contributed by atoms with Crippen LogP contribution in [0.2, 0.25) is 0 Å². The molecule has 4 aromatic rings. The van der Waals surface area contributed by atoms with Crippen molar-refractivity contribution in [3.05, 3.63) is 157 Å². The molecule has 0 heterocycles. The van der Waals surface area contributed by atoms with Crippen LogP contribution in [0.5, 0.6) is 23.0 Å². The Kier molecular flexibility index (Phi) is 19.4. The Bertz CT molecular complexity index is 2180. The summed E-state index contributed by atoms with van der Waals surface area (Å²) in [5.74, 6) is -1.91. The van der Waals surface area contributed by atoms with Crippen LogP contribution in [-0.4, -0.2) is 68.7 Å². The summed E-state index contributed by atoms with van der Waals surface area (Å²) in [5, 5.41) is 8.14. The van der Waals surface area contributed by atoms with E-state index in [0.29, 0.717) is 41.6 Å². The summed E-state index contributed by atoms with van der Waals surface area (Å²) in [6.07, 6.45) is 9.40. The quantitative estimate of drug-likeness (QED) is 0.00935. The average Bonchev–Trinajstić information content (AvgIpc) is 3.28. The van der Waals surface area contributed by atoms with Gasteiger partial charge in [-0.2, -0.15) is 15.1 Å². The number of rotatable bonds is 25. The number of hydrogen-bond acceptors (Lipinski definition) is 15. The number of carbonyl (C=O) groups excluding carboxylic acids is 5. The zero-order chi connectivity index (χ0) is 43.7. The fraction of sp³-hybridized carbons (Fsp3) is 0.196. The number of benzene rings is 4. The van der Waals surface area contributed by atoms with Crippen molar-refractivity contribution in [3.8, 4) is 23.0 Å². The van der Waals surface area contributed by atoms with Crippen molar-refractivity contribution < 1.29 is 62.2 Å². The predicted molar refractivity (Wildman–Crippen MR) is 224 cm³/mol. The molecule has 0 saturated carbocycles. The second kappa shape index (κ2) is 25.7. The summed E-state index contributed by atoms with van der Waals surface area (Å²) in [7, 11) is 0. The maximum Gasteiger partial charge on any atom is 0.343 e. The van der Waals surface area contributed by atoms with Gasteiger partial charge in [0, 0.05) is 18.2 Å². The second-order valence-corrected chi connectivity index (χ2v) is 12.5. The van der Waals surface area contributed by atoms with Gasteiger partial charge >= 0.3 is 29.8 Å². The molecule has 0 amide bonds. The highest BCUT2D eigenvalue weighted by Crippen LogP contribution is 2.24. The molecule has 61 heavy (non-hydrogen) atoms. The highest BCUT2D eigenvalue weighted by atomic mass is 17.2. The van der Waals surface area contributed by atoms with Crippen LogP contribution in [0.3, 0.4) is 0 Å². The molecule has 15 heteroatoms. The molecular weight excluding hydrogens is 789 g/mol. The first-order chi connectivity index (χ1) is 29.7. The number of esters is 5. The van der Waals surface area contributed by atoms with Gasteiger partial charge in [0.25, 0.3) is 0 Å². The van der Waals surface area contributed by atoms with Crippen molar-refractivity contribution >= 4 is 42.3 Å². The van der Waals surface area contributed by atoms with Crippen LogP contribution in [0.25, 0.3) is 0 Å². The minimum Gasteiger partial charge on any atom is -0.494 e. The lowest BCUT2D eigenvalue weighted by Gasteiger charge is -2.12. The van der Waals surface area contributed by atoms with Crippen LogP contribution in [0.4, 0.5) is 0 Å². The molecule has 4 aromatic carbocycles. The maximum absolute atomic E-state index is 13.1. The molecule has 4 rings (SSSR count). The van der Waals surface area contributed by atoms with Gasteiger partial charge in [0.1, 0.15) is 42.6 Å². The van der Waals surface area contributed by atoms with Gasteiger partial charge in [0.2, 0.25) is 0 Å². The second-order valence-electron chi connectivity index (χ2n) is 12.5. The SMILES string of the molecule is C=CC(=O)OCCCCCCOc1ccc(C(=O)Oc2ccc(C=NN=Cc3ccc(OOCc4ccc(OC(=O)C=C)cc4)cc3)cc2C(=O)OCCOC(=O)C=C)cc1. The van der Waals surface area contributed by atoms with Gasteiger partial charge in [-0.1, -0.05) is 31.9 Å². The molecule has 0 aliphatic carbocycles. The number of hydrogen-bond donors (Lipinski definition) is 0. The summed E-state index contributed by atoms with van der Waals surface area (Å²) in [6.45, 7) is 10.5. The largest absolute Gasteiger partial charge is 0.494 e. The van der Waals surface area contributed by atoms with E-state index in [-0.39, 0.29) is 36.7 Å². The van der Waals surface area contributed by atoms with Crippen LogP contribution in [0.1, 0.15) is 63.1 Å². The first-order valence-electron chi connectivity index (χ1n) is 18.9. The lowest BCUT2D eigenvalue weighted by molar-refractivity contribution is -0.217. The van der Waals surface area contributed by atoms with Gasteiger partial charge in [-0.05, 0) is 121 Å². The van der Waals surface area contributed by atoms with Crippen LogP contribution in [0, 0.1) is 0 Å². The molecular formula is C46H44N2O13. The van der Waals surface area contributed by atoms with Crippen LogP contribution >= 0.6 is 0 Å². The van der Waals surface area contributed by atoms with E-state index in [1.807, 2.05) is 0 Å². The van der Waals surface area contributed by atoms with Gasteiger partial charge < -0.3 is 33.3 Å². The Morgan fingerprint density at radius 3 is 1.77 bits per heavy atom. The minimum absolute atomic E-state index is 0.0749. The predicted octanol–water partition coefficient (Wildman–Crippen LogP) is 7.52. The molecule has 0 aliphatic rings. The van der Waals surface area contributed by atoms with E-state index in [0.717, 1.165) is 49.5 Å². The van der Waals surface area contributed by atoms with Crippen LogP contribution in [0.15, 0.2) is 139 Å². The summed E-state index contributed by atoms with van der Waals surface area (Å²) < 4.78 is 31.5. The average molecular weight is 833 g/mol. The van der Waals surface area contributed by atoms with Crippen molar-refractivity contribution in [2.75, 3.05) is 26.4 Å². The molecule has 316 valence electrons. The van der Waals surface area contributed by atoms with Crippen LogP contribution in [-0.2, 0) is 40.1 Å². The molecule has 0 saturated heterocycles. The van der Waals surface area contributed by atoms with Crippen LogP contribution < -0.4 is 19.1 Å². The number of unbranched alkanes of at least 4 members (excludes halogenated alkanes) is 3. The lowest BCUT2D eigenvalue weighted by Crippen LogP contribution is -2.16. The normalized spacial score (nSPS) is 10.7. The molecule has 0 bridgehead atoms. The molecule has 0 atom stereocenters. The number of ether oxygens (including phenoxy) is 6. The molecule has 0 unspecified atom stereocenters. The van der Waals surface area contributed by atoms with E-state index in [4.69, 9.17) is 38.2 Å². The Morgan fingerprint density at radius 2 is 1.10 bits per heavy atom. The molecule has 0 aliphatic heterocycles. The Balaban J connectivity index is 1.30. The zero-order valence-electron chi connectivity index (χ0n) is 33.2. The molecule has 0 aromatic heterocycles. The summed E-state index contributed by atoms with van der Waals surface area (Å²) in [6, 6.07) is 24.4. The maximum atomic E-state index is 13.1. The third-order valence-corrected chi connectivity index (χ3v) is 8.01. The van der Waals surface area contributed by atoms with Gasteiger partial charge in [0.05, 0.1) is 31.2 Å². The zero-order valence-corrected chi connectivity index (χ0v) is 33.2. The van der Waals surface area contributed by atoms with Crippen molar-refractivity contribution in [1.82, 2.24) is 0 Å². The number of nitrogens with zero attached hydrogens (tertiary/aromatic N) is 2. The third-order valence-electron chi connectivity index (χ3n) is 8.01. The first kappa shape index (κ1) is 46.0.